The average Bonchev–Trinajstić information content (AvgIpc) is 2.84. The number of carbonyl (C=O) groups is 1. The Hall–Kier alpha value is -0.570. The van der Waals surface area contributed by atoms with E-state index >= 15 is 0 Å². The Kier molecular flexibility index (Phi) is 2.46. The van der Waals surface area contributed by atoms with Gasteiger partial charge in [-0.25, -0.2) is 0 Å². The van der Waals surface area contributed by atoms with E-state index in [4.69, 9.17) is 5.73 Å². The van der Waals surface area contributed by atoms with Crippen molar-refractivity contribution in [2.75, 3.05) is 6.54 Å². The molecule has 90 valence electrons. The molecule has 2 bridgehead atoms. The van der Waals surface area contributed by atoms with E-state index in [9.17, 15) is 4.79 Å². The molecule has 16 heavy (non-hydrogen) atoms. The minimum atomic E-state index is -0.0761. The molecule has 3 saturated carbocycles. The van der Waals surface area contributed by atoms with Crippen LogP contribution >= 0.6 is 0 Å². The zero-order chi connectivity index (χ0) is 11.2. The molecule has 0 heterocycles. The first kappa shape index (κ1) is 10.6. The fraction of sp³-hybridized carbons (Fsp3) is 0.923. The van der Waals surface area contributed by atoms with Crippen LogP contribution in [0, 0.1) is 17.8 Å². The van der Waals surface area contributed by atoms with Gasteiger partial charge in [0, 0.05) is 18.0 Å². The van der Waals surface area contributed by atoms with Crippen molar-refractivity contribution in [3.63, 3.8) is 0 Å². The summed E-state index contributed by atoms with van der Waals surface area (Å²) in [5, 5.41) is 3.09. The molecule has 3 fully saturated rings. The molecule has 3 heteroatoms. The molecule has 0 radical (unpaired) electrons. The molecule has 3 atom stereocenters. The van der Waals surface area contributed by atoms with E-state index in [2.05, 4.69) is 5.32 Å². The summed E-state index contributed by atoms with van der Waals surface area (Å²) in [6, 6.07) is 0. The Labute approximate surface area is 97.2 Å². The van der Waals surface area contributed by atoms with Gasteiger partial charge in [-0.1, -0.05) is 6.42 Å². The smallest absolute Gasteiger partial charge is 0.223 e. The van der Waals surface area contributed by atoms with Crippen LogP contribution in [-0.4, -0.2) is 18.0 Å². The largest absolute Gasteiger partial charge is 0.354 e. The van der Waals surface area contributed by atoms with Gasteiger partial charge in [0.05, 0.1) is 0 Å². The second-order valence-electron chi connectivity index (χ2n) is 6.22. The lowest BCUT2D eigenvalue weighted by atomic mass is 9.77. The number of nitrogens with two attached hydrogens (primary N) is 1. The van der Waals surface area contributed by atoms with E-state index in [1.807, 2.05) is 0 Å². The third-order valence-corrected chi connectivity index (χ3v) is 5.04. The summed E-state index contributed by atoms with van der Waals surface area (Å²) in [6.07, 6.45) is 8.43. The van der Waals surface area contributed by atoms with E-state index in [0.717, 1.165) is 25.2 Å². The number of nitrogens with one attached hydrogen (secondary N) is 1. The first-order chi connectivity index (χ1) is 7.66. The second-order valence-corrected chi connectivity index (χ2v) is 6.22. The average molecular weight is 222 g/mol. The molecule has 0 spiro atoms. The lowest BCUT2D eigenvalue weighted by Gasteiger charge is -2.38. The van der Waals surface area contributed by atoms with Crippen LogP contribution in [0.25, 0.3) is 0 Å². The van der Waals surface area contributed by atoms with Crippen molar-refractivity contribution in [1.82, 2.24) is 5.32 Å². The highest BCUT2D eigenvalue weighted by Gasteiger charge is 2.43. The van der Waals surface area contributed by atoms with Crippen LogP contribution in [0.15, 0.2) is 0 Å². The van der Waals surface area contributed by atoms with Crippen molar-refractivity contribution in [3.8, 4) is 0 Å². The molecule has 3 unspecified atom stereocenters. The maximum absolute atomic E-state index is 12.1. The molecular formula is C13H22N2O. The maximum Gasteiger partial charge on any atom is 0.223 e. The summed E-state index contributed by atoms with van der Waals surface area (Å²) in [5.74, 6) is 2.11. The Morgan fingerprint density at radius 2 is 2.12 bits per heavy atom. The van der Waals surface area contributed by atoms with Crippen molar-refractivity contribution in [3.05, 3.63) is 0 Å². The molecule has 3 nitrogen and oxygen atoms in total. The fourth-order valence-corrected chi connectivity index (χ4v) is 3.77. The van der Waals surface area contributed by atoms with Crippen LogP contribution in [0.1, 0.15) is 44.9 Å². The minimum absolute atomic E-state index is 0.0761. The highest BCUT2D eigenvalue weighted by molar-refractivity contribution is 5.79. The van der Waals surface area contributed by atoms with Gasteiger partial charge in [0.2, 0.25) is 5.91 Å². The third-order valence-electron chi connectivity index (χ3n) is 5.04. The zero-order valence-electron chi connectivity index (χ0n) is 9.87. The Morgan fingerprint density at radius 1 is 1.31 bits per heavy atom. The molecule has 3 aliphatic carbocycles. The molecule has 3 N–H and O–H groups in total. The van der Waals surface area contributed by atoms with Crippen LogP contribution in [0.5, 0.6) is 0 Å². The van der Waals surface area contributed by atoms with Crippen LogP contribution in [0.4, 0.5) is 0 Å². The van der Waals surface area contributed by atoms with Crippen molar-refractivity contribution < 1.29 is 4.79 Å². The Balaban J connectivity index is 1.50. The first-order valence-electron chi connectivity index (χ1n) is 6.73. The normalized spacial score (nSPS) is 39.4. The van der Waals surface area contributed by atoms with Crippen molar-refractivity contribution in [2.45, 2.75) is 50.5 Å². The monoisotopic (exact) mass is 222 g/mol. The van der Waals surface area contributed by atoms with E-state index in [0.29, 0.717) is 18.4 Å². The van der Waals surface area contributed by atoms with Crippen molar-refractivity contribution in [1.29, 1.82) is 0 Å². The van der Waals surface area contributed by atoms with E-state index in [1.165, 1.54) is 25.7 Å². The highest BCUT2D eigenvalue weighted by atomic mass is 16.1. The third kappa shape index (κ3) is 1.75. The molecule has 0 aliphatic heterocycles. The van der Waals surface area contributed by atoms with Gasteiger partial charge in [-0.2, -0.15) is 0 Å². The van der Waals surface area contributed by atoms with Gasteiger partial charge >= 0.3 is 0 Å². The van der Waals surface area contributed by atoms with Crippen LogP contribution in [-0.2, 0) is 4.79 Å². The molecule has 0 aromatic heterocycles. The van der Waals surface area contributed by atoms with E-state index in [-0.39, 0.29) is 11.4 Å². The quantitative estimate of drug-likeness (QED) is 0.759. The van der Waals surface area contributed by atoms with E-state index < -0.39 is 0 Å². The lowest BCUT2D eigenvalue weighted by Crippen LogP contribution is -2.55. The summed E-state index contributed by atoms with van der Waals surface area (Å²) in [7, 11) is 0. The van der Waals surface area contributed by atoms with Gasteiger partial charge < -0.3 is 11.1 Å². The Morgan fingerprint density at radius 3 is 2.62 bits per heavy atom. The van der Waals surface area contributed by atoms with Crippen LogP contribution < -0.4 is 11.1 Å². The standard InChI is InChI=1S/C13H22N2O/c14-13(4-1-5-13)8-15-12(16)11-7-9-2-3-10(11)6-9/h9-11H,1-8,14H2,(H,15,16). The molecule has 1 amide bonds. The van der Waals surface area contributed by atoms with Gasteiger partial charge in [0.1, 0.15) is 0 Å². The number of hydrogen-bond acceptors (Lipinski definition) is 2. The van der Waals surface area contributed by atoms with Gasteiger partial charge in [0.15, 0.2) is 0 Å². The van der Waals surface area contributed by atoms with Gasteiger partial charge in [-0.15, -0.1) is 0 Å². The SMILES string of the molecule is NC1(CNC(=O)C2CC3CCC2C3)CCC1. The predicted octanol–water partition coefficient (Wildman–Crippen LogP) is 1.42. The molecule has 0 saturated heterocycles. The summed E-state index contributed by atoms with van der Waals surface area (Å²) in [5.41, 5.74) is 6.03. The topological polar surface area (TPSA) is 55.1 Å². The lowest BCUT2D eigenvalue weighted by molar-refractivity contribution is -0.127. The van der Waals surface area contributed by atoms with Crippen LogP contribution in [0.3, 0.4) is 0 Å². The van der Waals surface area contributed by atoms with Crippen molar-refractivity contribution in [2.24, 2.45) is 23.5 Å². The maximum atomic E-state index is 12.1. The number of amides is 1. The molecule has 0 aromatic rings. The van der Waals surface area contributed by atoms with Gasteiger partial charge in [-0.05, 0) is 50.4 Å². The highest BCUT2D eigenvalue weighted by Crippen LogP contribution is 2.48. The van der Waals surface area contributed by atoms with E-state index in [1.54, 1.807) is 0 Å². The number of rotatable bonds is 3. The second kappa shape index (κ2) is 3.73. The molecule has 0 aromatic carbocycles. The fourth-order valence-electron chi connectivity index (χ4n) is 3.77. The minimum Gasteiger partial charge on any atom is -0.354 e. The Bertz CT molecular complexity index is 298. The molecule has 3 aliphatic rings. The van der Waals surface area contributed by atoms with Crippen LogP contribution in [0.2, 0.25) is 0 Å². The first-order valence-corrected chi connectivity index (χ1v) is 6.73. The molecule has 3 rings (SSSR count). The number of fused-ring (bicyclic) bond motifs is 2. The summed E-state index contributed by atoms with van der Waals surface area (Å²) >= 11 is 0. The molecular weight excluding hydrogens is 200 g/mol. The summed E-state index contributed by atoms with van der Waals surface area (Å²) in [4.78, 5) is 12.1. The number of hydrogen-bond donors (Lipinski definition) is 2. The summed E-state index contributed by atoms with van der Waals surface area (Å²) < 4.78 is 0. The van der Waals surface area contributed by atoms with Crippen molar-refractivity contribution >= 4 is 5.91 Å². The zero-order valence-corrected chi connectivity index (χ0v) is 9.87. The summed E-state index contributed by atoms with van der Waals surface area (Å²) in [6.45, 7) is 0.694. The predicted molar refractivity (Wildman–Crippen MR) is 62.7 cm³/mol. The number of carbonyl (C=O) groups excluding carboxylic acids is 1. The van der Waals surface area contributed by atoms with Gasteiger partial charge in [-0.3, -0.25) is 4.79 Å². The van der Waals surface area contributed by atoms with Gasteiger partial charge in [0.25, 0.3) is 0 Å².